The number of carbonyl (C=O) groups is 1. The van der Waals surface area contributed by atoms with Crippen molar-refractivity contribution in [3.63, 3.8) is 0 Å². The molecule has 0 saturated carbocycles. The minimum absolute atomic E-state index is 0.215. The Morgan fingerprint density at radius 1 is 1.18 bits per heavy atom. The minimum Gasteiger partial charge on any atom is -0.497 e. The molecule has 1 aliphatic heterocycles. The lowest BCUT2D eigenvalue weighted by molar-refractivity contribution is 0.104. The fourth-order valence-electron chi connectivity index (χ4n) is 4.07. The van der Waals surface area contributed by atoms with E-state index in [0.717, 1.165) is 12.3 Å². The van der Waals surface area contributed by atoms with Crippen LogP contribution in [0.3, 0.4) is 0 Å². The predicted octanol–water partition coefficient (Wildman–Crippen LogP) is 3.56. The number of carbonyl (C=O) groups excluding carboxylic acids is 1. The van der Waals surface area contributed by atoms with Crippen molar-refractivity contribution in [2.75, 3.05) is 44.9 Å². The molecule has 1 saturated heterocycles. The molecule has 1 fully saturated rings. The Morgan fingerprint density at radius 2 is 1.88 bits per heavy atom. The van der Waals surface area contributed by atoms with Crippen molar-refractivity contribution >= 4 is 28.4 Å². The molecule has 178 valence electrons. The monoisotopic (exact) mass is 471 g/mol. The van der Waals surface area contributed by atoms with Crippen LogP contribution in [0, 0.1) is 11.6 Å². The standard InChI is InChI=1S/C25H24F3N3O3/c1-34-17-5-2-16(3-6-17)4-7-21(32)19-15-31(11-8-26)23-18(25(19)33)14-20(27)24(22(23)28)30-12-9-29-10-13-30/h2-7,14-15,29H,8-13H2,1H3/b7-4+. The van der Waals surface area contributed by atoms with Crippen molar-refractivity contribution in [1.29, 1.82) is 0 Å². The van der Waals surface area contributed by atoms with Gasteiger partial charge in [0.05, 0.1) is 30.1 Å². The summed E-state index contributed by atoms with van der Waals surface area (Å²) in [4.78, 5) is 27.5. The number of piperazine rings is 1. The van der Waals surface area contributed by atoms with E-state index in [0.29, 0.717) is 37.5 Å². The number of alkyl halides is 1. The lowest BCUT2D eigenvalue weighted by Crippen LogP contribution is -2.44. The van der Waals surface area contributed by atoms with Crippen molar-refractivity contribution in [1.82, 2.24) is 9.88 Å². The number of anilines is 1. The van der Waals surface area contributed by atoms with Gasteiger partial charge in [-0.3, -0.25) is 9.59 Å². The van der Waals surface area contributed by atoms with Gasteiger partial charge in [0.1, 0.15) is 23.9 Å². The number of hydrogen-bond donors (Lipinski definition) is 1. The van der Waals surface area contributed by atoms with Gasteiger partial charge in [-0.15, -0.1) is 0 Å². The van der Waals surface area contributed by atoms with Crippen LogP contribution < -0.4 is 20.4 Å². The first-order valence-electron chi connectivity index (χ1n) is 10.9. The summed E-state index contributed by atoms with van der Waals surface area (Å²) in [5.74, 6) is -1.83. The molecule has 2 aromatic carbocycles. The van der Waals surface area contributed by atoms with Crippen molar-refractivity contribution < 1.29 is 22.7 Å². The molecule has 1 N–H and O–H groups in total. The third-order valence-corrected chi connectivity index (χ3v) is 5.80. The highest BCUT2D eigenvalue weighted by Gasteiger charge is 2.25. The van der Waals surface area contributed by atoms with E-state index in [1.165, 1.54) is 23.8 Å². The largest absolute Gasteiger partial charge is 0.497 e. The molecule has 0 aliphatic carbocycles. The van der Waals surface area contributed by atoms with E-state index < -0.39 is 29.5 Å². The van der Waals surface area contributed by atoms with Crippen LogP contribution >= 0.6 is 0 Å². The summed E-state index contributed by atoms with van der Waals surface area (Å²) < 4.78 is 50.1. The average Bonchev–Trinajstić information content (AvgIpc) is 2.85. The number of halogens is 3. The molecule has 6 nitrogen and oxygen atoms in total. The summed E-state index contributed by atoms with van der Waals surface area (Å²) in [5, 5.41) is 2.81. The first-order chi connectivity index (χ1) is 16.4. The Kier molecular flexibility index (Phi) is 7.02. The molecule has 3 aromatic rings. The van der Waals surface area contributed by atoms with E-state index in [4.69, 9.17) is 4.74 Å². The van der Waals surface area contributed by atoms with Gasteiger partial charge < -0.3 is 19.5 Å². The van der Waals surface area contributed by atoms with Gasteiger partial charge >= 0.3 is 0 Å². The Hall–Kier alpha value is -3.59. The number of nitrogens with zero attached hydrogens (tertiary/aromatic N) is 2. The lowest BCUT2D eigenvalue weighted by Gasteiger charge is -2.30. The zero-order valence-electron chi connectivity index (χ0n) is 18.6. The fourth-order valence-corrected chi connectivity index (χ4v) is 4.07. The molecule has 4 rings (SSSR count). The van der Waals surface area contributed by atoms with Gasteiger partial charge in [0.25, 0.3) is 0 Å². The molecule has 0 unspecified atom stereocenters. The van der Waals surface area contributed by atoms with Gasteiger partial charge in [-0.2, -0.15) is 0 Å². The summed E-state index contributed by atoms with van der Waals surface area (Å²) in [6.45, 7) is 0.749. The molecule has 34 heavy (non-hydrogen) atoms. The highest BCUT2D eigenvalue weighted by molar-refractivity contribution is 6.08. The van der Waals surface area contributed by atoms with E-state index in [1.54, 1.807) is 29.2 Å². The molecule has 0 amide bonds. The van der Waals surface area contributed by atoms with Crippen LogP contribution in [0.5, 0.6) is 5.75 Å². The Bertz CT molecular complexity index is 1300. The highest BCUT2D eigenvalue weighted by atomic mass is 19.1. The Morgan fingerprint density at radius 3 is 2.53 bits per heavy atom. The second kappa shape index (κ2) is 10.1. The van der Waals surface area contributed by atoms with Crippen molar-refractivity contribution in [2.45, 2.75) is 6.54 Å². The van der Waals surface area contributed by atoms with Gasteiger partial charge in [-0.25, -0.2) is 13.2 Å². The third kappa shape index (κ3) is 4.56. The quantitative estimate of drug-likeness (QED) is 0.422. The van der Waals surface area contributed by atoms with E-state index >= 15 is 4.39 Å². The van der Waals surface area contributed by atoms with Crippen LogP contribution in [0.25, 0.3) is 17.0 Å². The summed E-state index contributed by atoms with van der Waals surface area (Å²) in [5.41, 5.74) is -0.872. The SMILES string of the molecule is COc1ccc(/C=C/C(=O)c2cn(CCF)c3c(F)c(N4CCNCC4)c(F)cc3c2=O)cc1. The number of methoxy groups -OCH3 is 1. The number of hydrogen-bond acceptors (Lipinski definition) is 5. The molecule has 0 atom stereocenters. The number of aryl methyl sites for hydroxylation is 1. The van der Waals surface area contributed by atoms with Crippen LogP contribution in [-0.2, 0) is 6.54 Å². The number of ketones is 1. The van der Waals surface area contributed by atoms with Gasteiger partial charge in [-0.1, -0.05) is 18.2 Å². The first kappa shape index (κ1) is 23.6. The Balaban J connectivity index is 1.79. The topological polar surface area (TPSA) is 63.6 Å². The van der Waals surface area contributed by atoms with Gasteiger partial charge in [-0.05, 0) is 29.8 Å². The molecule has 0 spiro atoms. The third-order valence-electron chi connectivity index (χ3n) is 5.80. The summed E-state index contributed by atoms with van der Waals surface area (Å²) in [7, 11) is 1.54. The normalized spacial score (nSPS) is 14.2. The molecule has 0 radical (unpaired) electrons. The molecule has 1 aliphatic rings. The van der Waals surface area contributed by atoms with Gasteiger partial charge in [0, 0.05) is 32.4 Å². The van der Waals surface area contributed by atoms with Crippen LogP contribution in [0.15, 0.2) is 47.4 Å². The lowest BCUT2D eigenvalue weighted by atomic mass is 10.0. The van der Waals surface area contributed by atoms with Crippen molar-refractivity contribution in [3.8, 4) is 5.75 Å². The maximum Gasteiger partial charge on any atom is 0.200 e. The van der Waals surface area contributed by atoms with Crippen LogP contribution in [0.2, 0.25) is 0 Å². The number of fused-ring (bicyclic) bond motifs is 1. The van der Waals surface area contributed by atoms with Gasteiger partial charge in [0.15, 0.2) is 11.6 Å². The maximum absolute atomic E-state index is 15.5. The smallest absolute Gasteiger partial charge is 0.200 e. The number of ether oxygens (including phenoxy) is 1. The molecule has 2 heterocycles. The van der Waals surface area contributed by atoms with Gasteiger partial charge in [0.2, 0.25) is 5.43 Å². The zero-order chi connectivity index (χ0) is 24.2. The highest BCUT2D eigenvalue weighted by Crippen LogP contribution is 2.30. The second-order valence-electron chi connectivity index (χ2n) is 7.88. The van der Waals surface area contributed by atoms with E-state index in [9.17, 15) is 18.4 Å². The summed E-state index contributed by atoms with van der Waals surface area (Å²) in [6, 6.07) is 7.84. The molecule has 9 heteroatoms. The summed E-state index contributed by atoms with van der Waals surface area (Å²) in [6.07, 6.45) is 3.86. The van der Waals surface area contributed by atoms with Crippen LogP contribution in [0.1, 0.15) is 15.9 Å². The van der Waals surface area contributed by atoms with Crippen molar-refractivity contribution in [2.24, 2.45) is 0 Å². The maximum atomic E-state index is 15.5. The first-order valence-corrected chi connectivity index (χ1v) is 10.9. The van der Waals surface area contributed by atoms with Crippen molar-refractivity contribution in [3.05, 3.63) is 75.6 Å². The fraction of sp³-hybridized carbons (Fsp3) is 0.280. The number of nitrogens with one attached hydrogen (secondary N) is 1. The molecule has 1 aromatic heterocycles. The molecular formula is C25H24F3N3O3. The van der Waals surface area contributed by atoms with Crippen LogP contribution in [0.4, 0.5) is 18.9 Å². The van der Waals surface area contributed by atoms with E-state index in [-0.39, 0.29) is 28.7 Å². The number of aromatic nitrogens is 1. The zero-order valence-corrected chi connectivity index (χ0v) is 18.6. The number of rotatable bonds is 7. The summed E-state index contributed by atoms with van der Waals surface area (Å²) >= 11 is 0. The minimum atomic E-state index is -0.935. The second-order valence-corrected chi connectivity index (χ2v) is 7.88. The molecular weight excluding hydrogens is 447 g/mol. The molecule has 0 bridgehead atoms. The number of pyridine rings is 1. The number of allylic oxidation sites excluding steroid dienone is 1. The van der Waals surface area contributed by atoms with E-state index in [1.807, 2.05) is 0 Å². The average molecular weight is 471 g/mol. The Labute approximate surface area is 194 Å². The predicted molar refractivity (Wildman–Crippen MR) is 126 cm³/mol. The van der Waals surface area contributed by atoms with E-state index in [2.05, 4.69) is 5.32 Å². The van der Waals surface area contributed by atoms with Crippen LogP contribution in [-0.4, -0.2) is 50.3 Å². The number of benzene rings is 2.